The van der Waals surface area contributed by atoms with Crippen LogP contribution < -0.4 is 14.8 Å². The topological polar surface area (TPSA) is 47.6 Å². The summed E-state index contributed by atoms with van der Waals surface area (Å²) >= 11 is 0. The van der Waals surface area contributed by atoms with Crippen molar-refractivity contribution in [2.24, 2.45) is 0 Å². The Morgan fingerprint density at radius 3 is 2.71 bits per heavy atom. The Bertz CT molecular complexity index is 390. The van der Waals surface area contributed by atoms with E-state index in [4.69, 9.17) is 9.47 Å². The van der Waals surface area contributed by atoms with Gasteiger partial charge in [-0.15, -0.1) is 6.58 Å². The first-order chi connectivity index (χ1) is 8.19. The van der Waals surface area contributed by atoms with Gasteiger partial charge in [-0.3, -0.25) is 4.79 Å². The largest absolute Gasteiger partial charge is 0.493 e. The van der Waals surface area contributed by atoms with Crippen LogP contribution in [0.3, 0.4) is 0 Å². The molecule has 0 aromatic heterocycles. The minimum absolute atomic E-state index is 0.184. The summed E-state index contributed by atoms with van der Waals surface area (Å²) in [5, 5.41) is 2.67. The molecular weight excluding hydrogens is 218 g/mol. The summed E-state index contributed by atoms with van der Waals surface area (Å²) in [6.45, 7) is 5.64. The van der Waals surface area contributed by atoms with Crippen LogP contribution in [0.25, 0.3) is 0 Å². The summed E-state index contributed by atoms with van der Waals surface area (Å²) < 4.78 is 10.7. The molecule has 1 rings (SSSR count). The predicted molar refractivity (Wildman–Crippen MR) is 66.3 cm³/mol. The first-order valence-corrected chi connectivity index (χ1v) is 5.37. The van der Waals surface area contributed by atoms with Crippen molar-refractivity contribution in [3.8, 4) is 11.5 Å². The van der Waals surface area contributed by atoms with Gasteiger partial charge in [-0.1, -0.05) is 18.2 Å². The van der Waals surface area contributed by atoms with E-state index in [0.717, 1.165) is 0 Å². The van der Waals surface area contributed by atoms with Gasteiger partial charge < -0.3 is 14.8 Å². The quantitative estimate of drug-likeness (QED) is 0.764. The molecule has 0 saturated heterocycles. The van der Waals surface area contributed by atoms with Crippen LogP contribution in [0.5, 0.6) is 11.5 Å². The highest BCUT2D eigenvalue weighted by atomic mass is 16.5. The van der Waals surface area contributed by atoms with E-state index >= 15 is 0 Å². The Hall–Kier alpha value is -1.97. The fraction of sp³-hybridized carbons (Fsp3) is 0.308. The number of benzene rings is 1. The van der Waals surface area contributed by atoms with Gasteiger partial charge in [-0.25, -0.2) is 0 Å². The summed E-state index contributed by atoms with van der Waals surface area (Å²) in [4.78, 5) is 11.6. The molecule has 0 aliphatic carbocycles. The molecule has 1 aromatic rings. The number of para-hydroxylation sites is 2. The van der Waals surface area contributed by atoms with Crippen LogP contribution in [0, 0.1) is 0 Å². The van der Waals surface area contributed by atoms with Crippen LogP contribution in [0.2, 0.25) is 0 Å². The average Bonchev–Trinajstić information content (AvgIpc) is 2.36. The molecule has 4 heteroatoms. The molecule has 0 saturated carbocycles. The minimum Gasteiger partial charge on any atom is -0.493 e. The number of methoxy groups -OCH3 is 1. The number of ether oxygens (including phenoxy) is 2. The first kappa shape index (κ1) is 13.1. The number of carbonyl (C=O) groups is 1. The van der Waals surface area contributed by atoms with Crippen LogP contribution in [-0.4, -0.2) is 25.7 Å². The highest BCUT2D eigenvalue weighted by Gasteiger charge is 2.15. The van der Waals surface area contributed by atoms with E-state index in [-0.39, 0.29) is 5.91 Å². The van der Waals surface area contributed by atoms with E-state index < -0.39 is 6.10 Å². The molecule has 0 unspecified atom stereocenters. The number of nitrogens with one attached hydrogen (secondary N) is 1. The lowest BCUT2D eigenvalue weighted by Gasteiger charge is -2.16. The summed E-state index contributed by atoms with van der Waals surface area (Å²) in [5.41, 5.74) is 0. The molecule has 0 fully saturated rings. The van der Waals surface area contributed by atoms with Gasteiger partial charge in [0.1, 0.15) is 0 Å². The van der Waals surface area contributed by atoms with Gasteiger partial charge in [0.15, 0.2) is 17.6 Å². The van der Waals surface area contributed by atoms with E-state index in [1.807, 2.05) is 12.1 Å². The molecule has 1 aromatic carbocycles. The molecule has 0 aliphatic heterocycles. The summed E-state index contributed by atoms with van der Waals surface area (Å²) in [6.07, 6.45) is 1.04. The Balaban J connectivity index is 2.63. The number of hydrogen-bond acceptors (Lipinski definition) is 3. The van der Waals surface area contributed by atoms with Gasteiger partial charge in [-0.2, -0.15) is 0 Å². The molecule has 92 valence electrons. The highest BCUT2D eigenvalue weighted by molar-refractivity contribution is 5.80. The zero-order chi connectivity index (χ0) is 12.7. The standard InChI is InChI=1S/C13H17NO3/c1-4-9-14-13(15)10(2)17-12-8-6-5-7-11(12)16-3/h4-8,10H,1,9H2,2-3H3,(H,14,15)/t10-/m1/s1. The monoisotopic (exact) mass is 235 g/mol. The number of rotatable bonds is 6. The third-order valence-corrected chi connectivity index (χ3v) is 2.16. The maximum Gasteiger partial charge on any atom is 0.261 e. The number of hydrogen-bond donors (Lipinski definition) is 1. The minimum atomic E-state index is -0.578. The van der Waals surface area contributed by atoms with Gasteiger partial charge in [0.2, 0.25) is 0 Å². The zero-order valence-corrected chi connectivity index (χ0v) is 10.1. The molecule has 0 aliphatic rings. The second-order valence-electron chi connectivity index (χ2n) is 3.44. The van der Waals surface area contributed by atoms with Crippen LogP contribution in [0.15, 0.2) is 36.9 Å². The second-order valence-corrected chi connectivity index (χ2v) is 3.44. The summed E-state index contributed by atoms with van der Waals surface area (Å²) in [6, 6.07) is 7.21. The fourth-order valence-corrected chi connectivity index (χ4v) is 1.28. The highest BCUT2D eigenvalue weighted by Crippen LogP contribution is 2.26. The molecule has 17 heavy (non-hydrogen) atoms. The van der Waals surface area contributed by atoms with E-state index in [0.29, 0.717) is 18.0 Å². The number of amides is 1. The Kier molecular flexibility index (Phi) is 5.07. The molecular formula is C13H17NO3. The molecule has 4 nitrogen and oxygen atoms in total. The Morgan fingerprint density at radius 1 is 1.47 bits per heavy atom. The summed E-state index contributed by atoms with van der Waals surface area (Å²) in [5.74, 6) is 0.975. The van der Waals surface area contributed by atoms with Crippen molar-refractivity contribution in [3.63, 3.8) is 0 Å². The van der Waals surface area contributed by atoms with E-state index in [1.165, 1.54) is 0 Å². The molecule has 1 N–H and O–H groups in total. The molecule has 0 heterocycles. The van der Waals surface area contributed by atoms with E-state index in [9.17, 15) is 4.79 Å². The van der Waals surface area contributed by atoms with Crippen LogP contribution in [0.4, 0.5) is 0 Å². The first-order valence-electron chi connectivity index (χ1n) is 5.37. The second kappa shape index (κ2) is 6.58. The van der Waals surface area contributed by atoms with Gasteiger partial charge in [0.05, 0.1) is 7.11 Å². The van der Waals surface area contributed by atoms with Gasteiger partial charge >= 0.3 is 0 Å². The molecule has 1 atom stereocenters. The van der Waals surface area contributed by atoms with Crippen molar-refractivity contribution in [1.29, 1.82) is 0 Å². The number of carbonyl (C=O) groups excluding carboxylic acids is 1. The zero-order valence-electron chi connectivity index (χ0n) is 10.1. The van der Waals surface area contributed by atoms with Crippen molar-refractivity contribution >= 4 is 5.91 Å². The van der Waals surface area contributed by atoms with Crippen LogP contribution >= 0.6 is 0 Å². The average molecular weight is 235 g/mol. The van der Waals surface area contributed by atoms with Crippen LogP contribution in [0.1, 0.15) is 6.92 Å². The smallest absolute Gasteiger partial charge is 0.261 e. The lowest BCUT2D eigenvalue weighted by atomic mass is 10.3. The van der Waals surface area contributed by atoms with Gasteiger partial charge in [-0.05, 0) is 19.1 Å². The SMILES string of the molecule is C=CCNC(=O)[C@@H](C)Oc1ccccc1OC. The Labute approximate surface area is 101 Å². The third kappa shape index (κ3) is 3.83. The molecule has 0 radical (unpaired) electrons. The molecule has 0 spiro atoms. The van der Waals surface area contributed by atoms with Crippen molar-refractivity contribution < 1.29 is 14.3 Å². The van der Waals surface area contributed by atoms with E-state index in [1.54, 1.807) is 32.2 Å². The van der Waals surface area contributed by atoms with Crippen molar-refractivity contribution in [2.75, 3.05) is 13.7 Å². The van der Waals surface area contributed by atoms with Gasteiger partial charge in [0.25, 0.3) is 5.91 Å². The third-order valence-electron chi connectivity index (χ3n) is 2.16. The van der Waals surface area contributed by atoms with E-state index in [2.05, 4.69) is 11.9 Å². The summed E-state index contributed by atoms with van der Waals surface area (Å²) in [7, 11) is 1.56. The van der Waals surface area contributed by atoms with Crippen molar-refractivity contribution in [1.82, 2.24) is 5.32 Å². The lowest BCUT2D eigenvalue weighted by Crippen LogP contribution is -2.36. The lowest BCUT2D eigenvalue weighted by molar-refractivity contribution is -0.127. The van der Waals surface area contributed by atoms with Gasteiger partial charge in [0, 0.05) is 6.54 Å². The normalized spacial score (nSPS) is 11.4. The molecule has 0 bridgehead atoms. The molecule has 1 amide bonds. The Morgan fingerprint density at radius 2 is 2.12 bits per heavy atom. The predicted octanol–water partition coefficient (Wildman–Crippen LogP) is 1.76. The maximum atomic E-state index is 11.6. The maximum absolute atomic E-state index is 11.6. The fourth-order valence-electron chi connectivity index (χ4n) is 1.28. The van der Waals surface area contributed by atoms with Crippen molar-refractivity contribution in [2.45, 2.75) is 13.0 Å². The van der Waals surface area contributed by atoms with Crippen molar-refractivity contribution in [3.05, 3.63) is 36.9 Å². The van der Waals surface area contributed by atoms with Crippen LogP contribution in [-0.2, 0) is 4.79 Å².